The Labute approximate surface area is 175 Å². The number of nitrogens with one attached hydrogen (secondary N) is 1. The van der Waals surface area contributed by atoms with E-state index in [4.69, 9.17) is 10.5 Å². The summed E-state index contributed by atoms with van der Waals surface area (Å²) in [4.78, 5) is 8.79. The van der Waals surface area contributed by atoms with Crippen molar-refractivity contribution in [3.63, 3.8) is 0 Å². The first kappa shape index (κ1) is 19.4. The van der Waals surface area contributed by atoms with Crippen LogP contribution in [0, 0.1) is 18.8 Å². The van der Waals surface area contributed by atoms with Crippen LogP contribution in [0.1, 0.15) is 18.1 Å². The van der Waals surface area contributed by atoms with Gasteiger partial charge in [-0.3, -0.25) is 0 Å². The molecule has 1 aromatic heterocycles. The zero-order chi connectivity index (χ0) is 20.9. The van der Waals surface area contributed by atoms with E-state index in [9.17, 15) is 0 Å². The summed E-state index contributed by atoms with van der Waals surface area (Å²) in [6.45, 7) is 3.88. The number of fused-ring (bicyclic) bond motifs is 1. The van der Waals surface area contributed by atoms with Crippen LogP contribution in [-0.2, 0) is 0 Å². The Morgan fingerprint density at radius 3 is 2.60 bits per heavy atom. The van der Waals surface area contributed by atoms with Gasteiger partial charge in [0.2, 0.25) is 0 Å². The maximum Gasteiger partial charge on any atom is 0.141 e. The van der Waals surface area contributed by atoms with Crippen molar-refractivity contribution < 1.29 is 4.74 Å². The molecular formula is C25H22N4O. The fraction of sp³-hybridized carbons (Fsp3) is 0.120. The minimum atomic E-state index is -0.176. The average molecular weight is 394 g/mol. The van der Waals surface area contributed by atoms with Gasteiger partial charge in [-0.25, -0.2) is 9.97 Å². The lowest BCUT2D eigenvalue weighted by atomic mass is 10.1. The number of aryl methyl sites for hydroxylation is 1. The Morgan fingerprint density at radius 1 is 1.00 bits per heavy atom. The number of rotatable bonds is 4. The molecule has 0 aliphatic heterocycles. The Hall–Kier alpha value is -3.88. The fourth-order valence-corrected chi connectivity index (χ4v) is 3.03. The minimum absolute atomic E-state index is 0.176. The highest BCUT2D eigenvalue weighted by Gasteiger charge is 2.07. The third-order valence-corrected chi connectivity index (χ3v) is 4.49. The fourth-order valence-electron chi connectivity index (χ4n) is 3.03. The molecule has 5 heteroatoms. The molecule has 4 rings (SSSR count). The summed E-state index contributed by atoms with van der Waals surface area (Å²) in [6.07, 6.45) is 1.55. The van der Waals surface area contributed by atoms with E-state index in [2.05, 4.69) is 27.1 Å². The monoisotopic (exact) mass is 394 g/mol. The number of ether oxygens (including phenoxy) is 1. The number of hydrogen-bond acceptors (Lipinski definition) is 5. The van der Waals surface area contributed by atoms with Crippen LogP contribution in [0.2, 0.25) is 0 Å². The number of hydrogen-bond donors (Lipinski definition) is 2. The van der Waals surface area contributed by atoms with Crippen LogP contribution in [0.25, 0.3) is 10.9 Å². The molecule has 3 N–H and O–H groups in total. The Bertz CT molecular complexity index is 1240. The van der Waals surface area contributed by atoms with Crippen LogP contribution in [0.15, 0.2) is 73.1 Å². The summed E-state index contributed by atoms with van der Waals surface area (Å²) in [6, 6.07) is 21.4. The van der Waals surface area contributed by atoms with Gasteiger partial charge in [-0.1, -0.05) is 30.0 Å². The van der Waals surface area contributed by atoms with Gasteiger partial charge in [-0.05, 0) is 67.9 Å². The lowest BCUT2D eigenvalue weighted by Gasteiger charge is -2.12. The summed E-state index contributed by atoms with van der Waals surface area (Å²) in [5.74, 6) is 8.42. The van der Waals surface area contributed by atoms with E-state index in [-0.39, 0.29) is 6.04 Å². The second kappa shape index (κ2) is 8.64. The molecule has 0 bridgehead atoms. The Balaban J connectivity index is 1.61. The van der Waals surface area contributed by atoms with E-state index < -0.39 is 0 Å². The summed E-state index contributed by atoms with van der Waals surface area (Å²) < 4.78 is 5.97. The minimum Gasteiger partial charge on any atom is -0.457 e. The van der Waals surface area contributed by atoms with Gasteiger partial charge >= 0.3 is 0 Å². The molecule has 1 atom stereocenters. The van der Waals surface area contributed by atoms with Gasteiger partial charge in [-0.15, -0.1) is 0 Å². The smallest absolute Gasteiger partial charge is 0.141 e. The van der Waals surface area contributed by atoms with Gasteiger partial charge < -0.3 is 15.8 Å². The Kier molecular flexibility index (Phi) is 5.60. The van der Waals surface area contributed by atoms with Crippen LogP contribution in [0.5, 0.6) is 11.5 Å². The van der Waals surface area contributed by atoms with Gasteiger partial charge in [0.05, 0.1) is 11.6 Å². The molecule has 0 spiro atoms. The molecule has 0 saturated carbocycles. The topological polar surface area (TPSA) is 73.1 Å². The van der Waals surface area contributed by atoms with E-state index in [0.29, 0.717) is 0 Å². The molecule has 1 unspecified atom stereocenters. The summed E-state index contributed by atoms with van der Waals surface area (Å²) >= 11 is 0. The highest BCUT2D eigenvalue weighted by molar-refractivity contribution is 5.91. The van der Waals surface area contributed by atoms with E-state index in [1.165, 1.54) is 0 Å². The van der Waals surface area contributed by atoms with Crippen molar-refractivity contribution in [1.29, 1.82) is 0 Å². The third kappa shape index (κ3) is 4.57. The van der Waals surface area contributed by atoms with E-state index in [1.807, 2.05) is 80.6 Å². The number of para-hydroxylation sites is 1. The van der Waals surface area contributed by atoms with E-state index in [0.717, 1.165) is 45.0 Å². The largest absolute Gasteiger partial charge is 0.457 e. The molecule has 0 aliphatic carbocycles. The van der Waals surface area contributed by atoms with E-state index >= 15 is 0 Å². The van der Waals surface area contributed by atoms with Gasteiger partial charge in [0.15, 0.2) is 0 Å². The molecule has 0 amide bonds. The average Bonchev–Trinajstić information content (AvgIpc) is 2.75. The van der Waals surface area contributed by atoms with Gasteiger partial charge in [0.25, 0.3) is 0 Å². The number of aromatic nitrogens is 2. The van der Waals surface area contributed by atoms with Crippen molar-refractivity contribution >= 4 is 22.4 Å². The lowest BCUT2D eigenvalue weighted by Crippen LogP contribution is -2.10. The molecule has 0 saturated heterocycles. The predicted octanol–water partition coefficient (Wildman–Crippen LogP) is 5.17. The van der Waals surface area contributed by atoms with Crippen LogP contribution in [-0.4, -0.2) is 16.0 Å². The maximum absolute atomic E-state index is 5.97. The normalized spacial score (nSPS) is 11.4. The molecule has 5 nitrogen and oxygen atoms in total. The molecule has 30 heavy (non-hydrogen) atoms. The SMILES string of the molecule is Cc1cc(Nc2ncnc3ccc(C#CC(C)N)cc23)ccc1Oc1ccccc1. The quantitative estimate of drug-likeness (QED) is 0.467. The molecule has 0 radical (unpaired) electrons. The van der Waals surface area contributed by atoms with E-state index in [1.54, 1.807) is 6.33 Å². The van der Waals surface area contributed by atoms with Crippen molar-refractivity contribution in [2.45, 2.75) is 19.9 Å². The molecule has 0 aliphatic rings. The molecule has 3 aromatic carbocycles. The van der Waals surface area contributed by atoms with Crippen molar-refractivity contribution in [2.75, 3.05) is 5.32 Å². The first-order valence-electron chi connectivity index (χ1n) is 9.71. The first-order valence-corrected chi connectivity index (χ1v) is 9.71. The van der Waals surface area contributed by atoms with Gasteiger partial charge in [-0.2, -0.15) is 0 Å². The lowest BCUT2D eigenvalue weighted by molar-refractivity contribution is 0.479. The standard InChI is InChI=1S/C25H22N4O/c1-17-14-20(11-13-24(17)30-21-6-4-3-5-7-21)29-25-22-15-19(9-8-18(2)26)10-12-23(22)27-16-28-25/h3-7,10-16,18H,26H2,1-2H3,(H,27,28,29). The summed E-state index contributed by atoms with van der Waals surface area (Å²) in [5, 5.41) is 4.29. The number of benzene rings is 3. The number of nitrogens with two attached hydrogens (primary N) is 1. The number of nitrogens with zero attached hydrogens (tertiary/aromatic N) is 2. The highest BCUT2D eigenvalue weighted by atomic mass is 16.5. The molecule has 0 fully saturated rings. The van der Waals surface area contributed by atoms with Gasteiger partial charge in [0, 0.05) is 16.6 Å². The van der Waals surface area contributed by atoms with Crippen molar-refractivity contribution in [3.8, 4) is 23.3 Å². The van der Waals surface area contributed by atoms with Crippen LogP contribution in [0.3, 0.4) is 0 Å². The molecule has 4 aromatic rings. The maximum atomic E-state index is 5.97. The predicted molar refractivity (Wildman–Crippen MR) is 121 cm³/mol. The first-order chi connectivity index (χ1) is 14.6. The summed E-state index contributed by atoms with van der Waals surface area (Å²) in [7, 11) is 0. The zero-order valence-electron chi connectivity index (χ0n) is 16.9. The van der Waals surface area contributed by atoms with Crippen LogP contribution < -0.4 is 15.8 Å². The highest BCUT2D eigenvalue weighted by Crippen LogP contribution is 2.29. The second-order valence-electron chi connectivity index (χ2n) is 7.03. The second-order valence-corrected chi connectivity index (χ2v) is 7.03. The van der Waals surface area contributed by atoms with Crippen molar-refractivity contribution in [2.24, 2.45) is 5.73 Å². The van der Waals surface area contributed by atoms with Crippen LogP contribution in [0.4, 0.5) is 11.5 Å². The third-order valence-electron chi connectivity index (χ3n) is 4.49. The van der Waals surface area contributed by atoms with Crippen molar-refractivity contribution in [3.05, 3.63) is 84.2 Å². The Morgan fingerprint density at radius 2 is 1.83 bits per heavy atom. The van der Waals surface area contributed by atoms with Gasteiger partial charge in [0.1, 0.15) is 23.6 Å². The van der Waals surface area contributed by atoms with Crippen molar-refractivity contribution in [1.82, 2.24) is 9.97 Å². The summed E-state index contributed by atoms with van der Waals surface area (Å²) in [5.41, 5.74) is 9.40. The number of anilines is 2. The molecule has 1 heterocycles. The zero-order valence-corrected chi connectivity index (χ0v) is 16.9. The van der Waals surface area contributed by atoms with Crippen LogP contribution >= 0.6 is 0 Å². The molecule has 148 valence electrons. The molecular weight excluding hydrogens is 372 g/mol.